The number of carbonyl (C=O) groups excluding carboxylic acids is 2. The van der Waals surface area contributed by atoms with Crippen molar-refractivity contribution in [1.29, 1.82) is 0 Å². The molecule has 1 saturated heterocycles. The van der Waals surface area contributed by atoms with Crippen LogP contribution >= 0.6 is 23.2 Å². The zero-order valence-electron chi connectivity index (χ0n) is 12.9. The molecule has 0 bridgehead atoms. The van der Waals surface area contributed by atoms with E-state index in [4.69, 9.17) is 23.2 Å². The Morgan fingerprint density at radius 1 is 1.12 bits per heavy atom. The molecule has 1 fully saturated rings. The molecule has 2 aromatic rings. The second kappa shape index (κ2) is 7.24. The molecule has 0 atom stereocenters. The molecule has 4 nitrogen and oxygen atoms in total. The van der Waals surface area contributed by atoms with Crippen LogP contribution in [0.15, 0.2) is 42.5 Å². The average Bonchev–Trinajstić information content (AvgIpc) is 2.97. The smallest absolute Gasteiger partial charge is 0.228 e. The quantitative estimate of drug-likeness (QED) is 0.881. The minimum absolute atomic E-state index is 0.143. The first-order valence-corrected chi connectivity index (χ1v) is 8.43. The first-order valence-electron chi connectivity index (χ1n) is 7.67. The number of amides is 2. The van der Waals surface area contributed by atoms with Gasteiger partial charge in [0, 0.05) is 34.4 Å². The minimum atomic E-state index is -0.163. The maximum atomic E-state index is 12.1. The van der Waals surface area contributed by atoms with Gasteiger partial charge in [-0.15, -0.1) is 0 Å². The van der Waals surface area contributed by atoms with Crippen LogP contribution in [0.25, 0.3) is 0 Å². The predicted octanol–water partition coefficient (Wildman–Crippen LogP) is 4.30. The van der Waals surface area contributed by atoms with Crippen LogP contribution in [0, 0.1) is 0 Å². The Morgan fingerprint density at radius 3 is 2.50 bits per heavy atom. The molecule has 124 valence electrons. The fourth-order valence-electron chi connectivity index (χ4n) is 2.69. The van der Waals surface area contributed by atoms with Crippen molar-refractivity contribution in [3.8, 4) is 0 Å². The van der Waals surface area contributed by atoms with Gasteiger partial charge in [-0.05, 0) is 48.4 Å². The zero-order chi connectivity index (χ0) is 17.1. The summed E-state index contributed by atoms with van der Waals surface area (Å²) < 4.78 is 0. The van der Waals surface area contributed by atoms with Crippen molar-refractivity contribution in [1.82, 2.24) is 0 Å². The maximum absolute atomic E-state index is 12.1. The van der Waals surface area contributed by atoms with Crippen molar-refractivity contribution in [3.63, 3.8) is 0 Å². The van der Waals surface area contributed by atoms with Crippen LogP contribution < -0.4 is 10.2 Å². The highest BCUT2D eigenvalue weighted by molar-refractivity contribution is 6.35. The van der Waals surface area contributed by atoms with Gasteiger partial charge in [0.25, 0.3) is 0 Å². The largest absolute Gasteiger partial charge is 0.326 e. The second-order valence-electron chi connectivity index (χ2n) is 5.66. The number of hydrogen-bond donors (Lipinski definition) is 1. The number of rotatable bonds is 4. The molecule has 6 heteroatoms. The van der Waals surface area contributed by atoms with E-state index in [1.165, 1.54) is 0 Å². The van der Waals surface area contributed by atoms with Crippen molar-refractivity contribution < 1.29 is 9.59 Å². The lowest BCUT2D eigenvalue weighted by Crippen LogP contribution is -2.23. The molecule has 2 amide bonds. The molecule has 0 spiro atoms. The van der Waals surface area contributed by atoms with Crippen LogP contribution in [0.4, 0.5) is 11.4 Å². The number of nitrogens with zero attached hydrogens (tertiary/aromatic N) is 1. The van der Waals surface area contributed by atoms with Gasteiger partial charge in [0.2, 0.25) is 11.8 Å². The van der Waals surface area contributed by atoms with E-state index in [9.17, 15) is 9.59 Å². The molecule has 1 aliphatic heterocycles. The molecule has 0 aromatic heterocycles. The third-order valence-corrected chi connectivity index (χ3v) is 4.49. The number of anilines is 2. The van der Waals surface area contributed by atoms with Gasteiger partial charge >= 0.3 is 0 Å². The van der Waals surface area contributed by atoms with Crippen LogP contribution in [0.3, 0.4) is 0 Å². The molecule has 0 radical (unpaired) electrons. The van der Waals surface area contributed by atoms with Crippen LogP contribution in [-0.4, -0.2) is 18.4 Å². The summed E-state index contributed by atoms with van der Waals surface area (Å²) in [6.07, 6.45) is 1.65. The molecular formula is C18H16Cl2N2O2. The molecule has 2 aromatic carbocycles. The topological polar surface area (TPSA) is 49.4 Å². The minimum Gasteiger partial charge on any atom is -0.326 e. The van der Waals surface area contributed by atoms with E-state index >= 15 is 0 Å². The third-order valence-electron chi connectivity index (χ3n) is 3.90. The summed E-state index contributed by atoms with van der Waals surface area (Å²) >= 11 is 11.9. The lowest BCUT2D eigenvalue weighted by molar-refractivity contribution is -0.117. The van der Waals surface area contributed by atoms with Crippen LogP contribution in [0.1, 0.15) is 18.4 Å². The van der Waals surface area contributed by atoms with E-state index in [2.05, 4.69) is 5.32 Å². The molecular weight excluding hydrogens is 347 g/mol. The first kappa shape index (κ1) is 16.8. The van der Waals surface area contributed by atoms with Gasteiger partial charge in [-0.25, -0.2) is 0 Å². The number of hydrogen-bond acceptors (Lipinski definition) is 2. The lowest BCUT2D eigenvalue weighted by Gasteiger charge is -2.16. The summed E-state index contributed by atoms with van der Waals surface area (Å²) in [5, 5.41) is 3.84. The van der Waals surface area contributed by atoms with E-state index < -0.39 is 0 Å². The van der Waals surface area contributed by atoms with Crippen molar-refractivity contribution in [2.24, 2.45) is 0 Å². The van der Waals surface area contributed by atoms with Crippen LogP contribution in [0.2, 0.25) is 10.0 Å². The van der Waals surface area contributed by atoms with Crippen LogP contribution in [-0.2, 0) is 16.0 Å². The fraction of sp³-hybridized carbons (Fsp3) is 0.222. The summed E-state index contributed by atoms with van der Waals surface area (Å²) in [5.41, 5.74) is 2.26. The molecule has 1 heterocycles. The van der Waals surface area contributed by atoms with Gasteiger partial charge in [0.15, 0.2) is 0 Å². The van der Waals surface area contributed by atoms with Crippen molar-refractivity contribution in [2.75, 3.05) is 16.8 Å². The van der Waals surface area contributed by atoms with E-state index in [0.717, 1.165) is 24.2 Å². The summed E-state index contributed by atoms with van der Waals surface area (Å²) in [4.78, 5) is 25.6. The average molecular weight is 363 g/mol. The predicted molar refractivity (Wildman–Crippen MR) is 96.8 cm³/mol. The molecule has 1 aliphatic rings. The maximum Gasteiger partial charge on any atom is 0.228 e. The first-order chi connectivity index (χ1) is 11.5. The zero-order valence-corrected chi connectivity index (χ0v) is 14.4. The Morgan fingerprint density at radius 2 is 1.88 bits per heavy atom. The second-order valence-corrected chi connectivity index (χ2v) is 6.50. The third kappa shape index (κ3) is 3.89. The van der Waals surface area contributed by atoms with Gasteiger partial charge in [-0.1, -0.05) is 29.3 Å². The highest BCUT2D eigenvalue weighted by Crippen LogP contribution is 2.24. The molecule has 3 rings (SSSR count). The normalized spacial score (nSPS) is 14.1. The Labute approximate surface area is 150 Å². The summed E-state index contributed by atoms with van der Waals surface area (Å²) in [6.45, 7) is 0.750. The van der Waals surface area contributed by atoms with E-state index in [0.29, 0.717) is 22.2 Å². The van der Waals surface area contributed by atoms with E-state index in [-0.39, 0.29) is 18.2 Å². The highest BCUT2D eigenvalue weighted by atomic mass is 35.5. The van der Waals surface area contributed by atoms with Gasteiger partial charge in [0.05, 0.1) is 6.42 Å². The van der Waals surface area contributed by atoms with Gasteiger partial charge < -0.3 is 10.2 Å². The number of benzene rings is 2. The monoisotopic (exact) mass is 362 g/mol. The van der Waals surface area contributed by atoms with Crippen molar-refractivity contribution >= 4 is 46.4 Å². The number of halogens is 2. The van der Waals surface area contributed by atoms with Crippen LogP contribution in [0.5, 0.6) is 0 Å². The van der Waals surface area contributed by atoms with Gasteiger partial charge in [-0.3, -0.25) is 9.59 Å². The summed E-state index contributed by atoms with van der Waals surface area (Å²) in [7, 11) is 0. The molecule has 1 N–H and O–H groups in total. The summed E-state index contributed by atoms with van der Waals surface area (Å²) in [5.74, 6) is -0.0200. The molecule has 0 saturated carbocycles. The Bertz CT molecular complexity index is 775. The lowest BCUT2D eigenvalue weighted by atomic mass is 10.1. The fourth-order valence-corrected chi connectivity index (χ4v) is 3.16. The van der Waals surface area contributed by atoms with E-state index in [1.807, 2.05) is 12.1 Å². The Hall–Kier alpha value is -2.04. The van der Waals surface area contributed by atoms with Crippen molar-refractivity contribution in [2.45, 2.75) is 19.3 Å². The SMILES string of the molecule is O=C(Cc1ccc(Cl)cc1Cl)Nc1ccc(N2CCCC2=O)cc1. The van der Waals surface area contributed by atoms with Gasteiger partial charge in [0.1, 0.15) is 0 Å². The Balaban J connectivity index is 1.63. The highest BCUT2D eigenvalue weighted by Gasteiger charge is 2.21. The molecule has 0 aliphatic carbocycles. The van der Waals surface area contributed by atoms with E-state index in [1.54, 1.807) is 35.2 Å². The number of carbonyl (C=O) groups is 2. The standard InChI is InChI=1S/C18H16Cl2N2O2/c19-13-4-3-12(16(20)11-13)10-17(23)21-14-5-7-15(8-6-14)22-9-1-2-18(22)24/h3-8,11H,1-2,9-10H2,(H,21,23). The molecule has 24 heavy (non-hydrogen) atoms. The number of nitrogens with one attached hydrogen (secondary N) is 1. The van der Waals surface area contributed by atoms with Crippen molar-refractivity contribution in [3.05, 3.63) is 58.1 Å². The van der Waals surface area contributed by atoms with Gasteiger partial charge in [-0.2, -0.15) is 0 Å². The summed E-state index contributed by atoms with van der Waals surface area (Å²) in [6, 6.07) is 12.3. The Kier molecular flexibility index (Phi) is 5.07. The molecule has 0 unspecified atom stereocenters.